The third-order valence-corrected chi connectivity index (χ3v) is 8.23. The van der Waals surface area contributed by atoms with Gasteiger partial charge in [-0.1, -0.05) is 30.3 Å². The summed E-state index contributed by atoms with van der Waals surface area (Å²) in [6.07, 6.45) is 1.45. The summed E-state index contributed by atoms with van der Waals surface area (Å²) in [4.78, 5) is 46.3. The van der Waals surface area contributed by atoms with E-state index in [-0.39, 0.29) is 41.6 Å². The highest BCUT2D eigenvalue weighted by Gasteiger charge is 2.64. The van der Waals surface area contributed by atoms with Crippen LogP contribution in [-0.2, 0) is 21.0 Å². The maximum Gasteiger partial charge on any atom is 0.251 e. The predicted octanol–water partition coefficient (Wildman–Crippen LogP) is 3.23. The molecule has 3 amide bonds. The van der Waals surface area contributed by atoms with Crippen LogP contribution in [-0.4, -0.2) is 54.2 Å². The van der Waals surface area contributed by atoms with Gasteiger partial charge >= 0.3 is 0 Å². The van der Waals surface area contributed by atoms with Crippen molar-refractivity contribution < 1.29 is 24.0 Å². The van der Waals surface area contributed by atoms with Crippen LogP contribution in [0.5, 0.6) is 11.5 Å². The smallest absolute Gasteiger partial charge is 0.251 e. The number of para-hydroxylation sites is 1. The third kappa shape index (κ3) is 5.94. The van der Waals surface area contributed by atoms with E-state index in [1.807, 2.05) is 41.8 Å². The summed E-state index contributed by atoms with van der Waals surface area (Å²) in [5.41, 5.74) is 6.90. The molecule has 2 aromatic carbocycles. The van der Waals surface area contributed by atoms with Crippen LogP contribution in [0.1, 0.15) is 40.6 Å². The number of rotatable bonds is 10. The van der Waals surface area contributed by atoms with Gasteiger partial charge in [0.15, 0.2) is 5.84 Å². The van der Waals surface area contributed by atoms with Gasteiger partial charge in [-0.2, -0.15) is 0 Å². The molecule has 2 aliphatic rings. The molecule has 40 heavy (non-hydrogen) atoms. The zero-order valence-electron chi connectivity index (χ0n) is 22.3. The van der Waals surface area contributed by atoms with Crippen molar-refractivity contribution in [3.63, 3.8) is 0 Å². The number of hydrogen-bond donors (Lipinski definition) is 3. The number of nitrogens with one attached hydrogen (secondary N) is 2. The summed E-state index contributed by atoms with van der Waals surface area (Å²) in [6, 6.07) is 17.3. The lowest BCUT2D eigenvalue weighted by Crippen LogP contribution is -2.50. The van der Waals surface area contributed by atoms with Gasteiger partial charge < -0.3 is 30.8 Å². The molecule has 1 aromatic heterocycles. The van der Waals surface area contributed by atoms with Gasteiger partial charge in [-0.3, -0.25) is 14.4 Å². The molecule has 11 heteroatoms. The third-order valence-electron chi connectivity index (χ3n) is 7.30. The first-order valence-electron chi connectivity index (χ1n) is 12.9. The van der Waals surface area contributed by atoms with Crippen LogP contribution in [0.25, 0.3) is 0 Å². The van der Waals surface area contributed by atoms with E-state index < -0.39 is 6.04 Å². The van der Waals surface area contributed by atoms with E-state index >= 15 is 0 Å². The topological polar surface area (TPSA) is 135 Å². The number of nitrogens with two attached hydrogens (primary N) is 1. The Morgan fingerprint density at radius 3 is 2.50 bits per heavy atom. The number of carbonyl (C=O) groups is 3. The highest BCUT2D eigenvalue weighted by molar-refractivity contribution is 7.10. The van der Waals surface area contributed by atoms with E-state index in [0.717, 1.165) is 16.9 Å². The van der Waals surface area contributed by atoms with Crippen molar-refractivity contribution in [1.29, 1.82) is 0 Å². The van der Waals surface area contributed by atoms with Gasteiger partial charge in [0.05, 0.1) is 13.1 Å². The van der Waals surface area contributed by atoms with Crippen molar-refractivity contribution in [2.75, 3.05) is 13.7 Å². The molecule has 0 unspecified atom stereocenters. The summed E-state index contributed by atoms with van der Waals surface area (Å²) >= 11 is 1.45. The summed E-state index contributed by atoms with van der Waals surface area (Å²) < 4.78 is 5.76. The summed E-state index contributed by atoms with van der Waals surface area (Å²) in [5, 5.41) is 11.2. The fourth-order valence-corrected chi connectivity index (χ4v) is 5.88. The van der Waals surface area contributed by atoms with Crippen molar-refractivity contribution >= 4 is 34.9 Å². The SMILES string of the molecule is CO/N=C(\N)c1csc(CNC(=O)[C@@H]2C[C@]3(C)C[C@@H]3N2C(=O)CNC(=O)c2ccc(Oc3ccccc3)cc2)c1. The number of piperidine rings is 1. The first kappa shape index (κ1) is 27.2. The van der Waals surface area contributed by atoms with Gasteiger partial charge in [0.1, 0.15) is 24.7 Å². The van der Waals surface area contributed by atoms with E-state index in [0.29, 0.717) is 30.0 Å². The van der Waals surface area contributed by atoms with Gasteiger partial charge in [-0.05, 0) is 60.7 Å². The first-order chi connectivity index (χ1) is 19.3. The minimum Gasteiger partial charge on any atom is -0.457 e. The molecule has 1 saturated heterocycles. The number of carbonyl (C=O) groups excluding carboxylic acids is 3. The monoisotopic (exact) mass is 561 g/mol. The lowest BCUT2D eigenvalue weighted by Gasteiger charge is -2.27. The van der Waals surface area contributed by atoms with Gasteiger partial charge in [0, 0.05) is 27.4 Å². The van der Waals surface area contributed by atoms with Crippen molar-refractivity contribution in [1.82, 2.24) is 15.5 Å². The molecule has 0 radical (unpaired) electrons. The van der Waals surface area contributed by atoms with Crippen molar-refractivity contribution in [3.05, 3.63) is 82.0 Å². The average molecular weight is 562 g/mol. The molecule has 2 fully saturated rings. The number of amides is 3. The first-order valence-corrected chi connectivity index (χ1v) is 13.8. The number of amidine groups is 1. The van der Waals surface area contributed by atoms with Crippen LogP contribution in [0.2, 0.25) is 0 Å². The minimum absolute atomic E-state index is 0.000431. The molecular formula is C29H31N5O5S. The lowest BCUT2D eigenvalue weighted by atomic mass is 10.0. The molecule has 10 nitrogen and oxygen atoms in total. The van der Waals surface area contributed by atoms with Gasteiger partial charge in [0.2, 0.25) is 11.8 Å². The van der Waals surface area contributed by atoms with E-state index in [2.05, 4.69) is 22.7 Å². The normalized spacial score (nSPS) is 21.4. The summed E-state index contributed by atoms with van der Waals surface area (Å²) in [6.45, 7) is 2.21. The fourth-order valence-electron chi connectivity index (χ4n) is 5.06. The van der Waals surface area contributed by atoms with Crippen molar-refractivity contribution in [2.45, 2.75) is 38.4 Å². The molecule has 3 aromatic rings. The maximum atomic E-state index is 13.2. The van der Waals surface area contributed by atoms with Crippen LogP contribution in [0.4, 0.5) is 0 Å². The van der Waals surface area contributed by atoms with E-state index in [1.165, 1.54) is 18.4 Å². The second-order valence-electron chi connectivity index (χ2n) is 10.2. The van der Waals surface area contributed by atoms with E-state index in [9.17, 15) is 14.4 Å². The second kappa shape index (κ2) is 11.4. The van der Waals surface area contributed by atoms with Crippen LogP contribution >= 0.6 is 11.3 Å². The van der Waals surface area contributed by atoms with E-state index in [1.54, 1.807) is 29.2 Å². The Balaban J connectivity index is 1.15. The van der Waals surface area contributed by atoms with Crippen LogP contribution in [0.15, 0.2) is 71.2 Å². The van der Waals surface area contributed by atoms with Gasteiger partial charge in [-0.15, -0.1) is 11.3 Å². The highest BCUT2D eigenvalue weighted by atomic mass is 32.1. The number of ether oxygens (including phenoxy) is 1. The standard InChI is InChI=1S/C29H31N5O5S/c1-29-13-23(28(37)31-15-22-12-19(17-40-22)26(30)33-38-2)34(24(29)14-29)25(35)16-32-27(36)18-8-10-21(11-9-18)39-20-6-4-3-5-7-20/h3-12,17,23-24H,13-16H2,1-2H3,(H2,30,33)(H,31,37)(H,32,36)/t23-,24-,29+/m0/s1. The number of hydrogen-bond acceptors (Lipinski definition) is 7. The fraction of sp³-hybridized carbons (Fsp3) is 0.310. The van der Waals surface area contributed by atoms with Crippen molar-refractivity contribution in [3.8, 4) is 11.5 Å². The van der Waals surface area contributed by atoms with Crippen LogP contribution in [0, 0.1) is 5.41 Å². The molecule has 2 heterocycles. The molecule has 208 valence electrons. The maximum absolute atomic E-state index is 13.2. The number of nitrogens with zero attached hydrogens (tertiary/aromatic N) is 2. The summed E-state index contributed by atoms with van der Waals surface area (Å²) in [7, 11) is 1.42. The zero-order valence-corrected chi connectivity index (χ0v) is 23.1. The zero-order chi connectivity index (χ0) is 28.3. The number of benzene rings is 2. The predicted molar refractivity (Wildman–Crippen MR) is 151 cm³/mol. The number of fused-ring (bicyclic) bond motifs is 1. The Morgan fingerprint density at radius 2 is 1.77 bits per heavy atom. The Hall–Kier alpha value is -4.38. The molecule has 0 spiro atoms. The van der Waals surface area contributed by atoms with Gasteiger partial charge in [0.25, 0.3) is 5.91 Å². The molecule has 3 atom stereocenters. The van der Waals surface area contributed by atoms with E-state index in [4.69, 9.17) is 15.3 Å². The Morgan fingerprint density at radius 1 is 1.05 bits per heavy atom. The molecular weight excluding hydrogens is 530 g/mol. The Bertz CT molecular complexity index is 1420. The van der Waals surface area contributed by atoms with Crippen LogP contribution < -0.4 is 21.1 Å². The lowest BCUT2D eigenvalue weighted by molar-refractivity contribution is -0.139. The molecule has 1 aliphatic carbocycles. The number of thiophene rings is 1. The quantitative estimate of drug-likeness (QED) is 0.198. The van der Waals surface area contributed by atoms with Crippen LogP contribution in [0.3, 0.4) is 0 Å². The number of oxime groups is 1. The molecule has 1 aliphatic heterocycles. The average Bonchev–Trinajstić information content (AvgIpc) is 3.26. The molecule has 4 N–H and O–H groups in total. The Kier molecular flexibility index (Phi) is 7.74. The molecule has 1 saturated carbocycles. The molecule has 5 rings (SSSR count). The summed E-state index contributed by atoms with van der Waals surface area (Å²) in [5.74, 6) is 0.700. The minimum atomic E-state index is -0.581. The number of likely N-dealkylation sites (tertiary alicyclic amines) is 1. The molecule has 0 bridgehead atoms. The largest absolute Gasteiger partial charge is 0.457 e. The van der Waals surface area contributed by atoms with Crippen molar-refractivity contribution in [2.24, 2.45) is 16.3 Å². The second-order valence-corrected chi connectivity index (χ2v) is 11.2. The van der Waals surface area contributed by atoms with Gasteiger partial charge in [-0.25, -0.2) is 0 Å². The highest BCUT2D eigenvalue weighted by Crippen LogP contribution is 2.59. The Labute approximate surface area is 236 Å².